The van der Waals surface area contributed by atoms with Gasteiger partial charge in [-0.1, -0.05) is 25.3 Å². The molecule has 5 nitrogen and oxygen atoms in total. The molecule has 1 fully saturated rings. The molecule has 1 amide bonds. The fourth-order valence-corrected chi connectivity index (χ4v) is 3.90. The molecule has 1 saturated carbocycles. The van der Waals surface area contributed by atoms with Crippen LogP contribution in [0.25, 0.3) is 10.8 Å². The molecule has 24 heavy (non-hydrogen) atoms. The molecule has 1 aliphatic carbocycles. The highest BCUT2D eigenvalue weighted by Gasteiger charge is 2.32. The Morgan fingerprint density at radius 3 is 2.83 bits per heavy atom. The molecule has 0 bridgehead atoms. The lowest BCUT2D eigenvalue weighted by atomic mass is 9.71. The fourth-order valence-electron chi connectivity index (χ4n) is 3.25. The van der Waals surface area contributed by atoms with Crippen LogP contribution in [-0.4, -0.2) is 17.4 Å². The van der Waals surface area contributed by atoms with Gasteiger partial charge in [0, 0.05) is 6.42 Å². The molecule has 7 heteroatoms. The van der Waals surface area contributed by atoms with Gasteiger partial charge in [0.2, 0.25) is 11.8 Å². The number of halogens is 1. The van der Waals surface area contributed by atoms with Gasteiger partial charge in [-0.15, -0.1) is 23.7 Å². The highest BCUT2D eigenvalue weighted by atomic mass is 35.5. The Morgan fingerprint density at radius 2 is 2.17 bits per heavy atom. The maximum atomic E-state index is 12.3. The molecule has 0 unspecified atom stereocenters. The van der Waals surface area contributed by atoms with Crippen molar-refractivity contribution >= 4 is 29.7 Å². The predicted molar refractivity (Wildman–Crippen MR) is 98.1 cm³/mol. The Bertz CT molecular complexity index is 636. The number of hydrogen-bond donors (Lipinski definition) is 2. The third-order valence-corrected chi connectivity index (χ3v) is 5.49. The Labute approximate surface area is 152 Å². The van der Waals surface area contributed by atoms with E-state index in [1.807, 2.05) is 17.5 Å². The van der Waals surface area contributed by atoms with E-state index in [1.165, 1.54) is 19.3 Å². The molecule has 3 rings (SSSR count). The zero-order valence-corrected chi connectivity index (χ0v) is 15.3. The van der Waals surface area contributed by atoms with Crippen molar-refractivity contribution in [1.29, 1.82) is 0 Å². The number of nitrogens with two attached hydrogens (primary N) is 1. The summed E-state index contributed by atoms with van der Waals surface area (Å²) in [6.45, 7) is 0.987. The lowest BCUT2D eigenvalue weighted by molar-refractivity contribution is -0.124. The normalized spacial score (nSPS) is 16.4. The van der Waals surface area contributed by atoms with E-state index >= 15 is 0 Å². The van der Waals surface area contributed by atoms with Crippen LogP contribution in [0.2, 0.25) is 0 Å². The highest BCUT2D eigenvalue weighted by molar-refractivity contribution is 7.13. The van der Waals surface area contributed by atoms with Crippen molar-refractivity contribution in [2.45, 2.75) is 45.1 Å². The first-order chi connectivity index (χ1) is 11.2. The zero-order valence-electron chi connectivity index (χ0n) is 13.6. The summed E-state index contributed by atoms with van der Waals surface area (Å²) in [5.41, 5.74) is 6.68. The highest BCUT2D eigenvalue weighted by Crippen LogP contribution is 2.38. The lowest BCUT2D eigenvalue weighted by Crippen LogP contribution is -2.38. The van der Waals surface area contributed by atoms with Crippen molar-refractivity contribution < 1.29 is 9.21 Å². The lowest BCUT2D eigenvalue weighted by Gasteiger charge is -2.35. The first kappa shape index (κ1) is 19.0. The van der Waals surface area contributed by atoms with Crippen LogP contribution in [0, 0.1) is 5.41 Å². The van der Waals surface area contributed by atoms with Gasteiger partial charge in [0.1, 0.15) is 6.26 Å². The van der Waals surface area contributed by atoms with Gasteiger partial charge < -0.3 is 15.5 Å². The van der Waals surface area contributed by atoms with Crippen LogP contribution in [0.3, 0.4) is 0 Å². The van der Waals surface area contributed by atoms with Gasteiger partial charge in [-0.2, -0.15) is 0 Å². The minimum atomic E-state index is -0.00567. The summed E-state index contributed by atoms with van der Waals surface area (Å²) in [5, 5.41) is 4.93. The smallest absolute Gasteiger partial charge is 0.236 e. The molecular formula is C17H24ClN3O2S. The SMILES string of the molecule is Cl.NCC1(CC(=O)NCc2coc(-c3cccs3)n2)CCCCC1. The van der Waals surface area contributed by atoms with Crippen molar-refractivity contribution in [2.75, 3.05) is 6.54 Å². The molecule has 132 valence electrons. The molecule has 0 spiro atoms. The Balaban J connectivity index is 0.00000208. The molecule has 0 saturated heterocycles. The van der Waals surface area contributed by atoms with Crippen LogP contribution in [0.4, 0.5) is 0 Å². The maximum absolute atomic E-state index is 12.3. The summed E-state index contributed by atoms with van der Waals surface area (Å²) in [7, 11) is 0. The first-order valence-corrected chi connectivity index (χ1v) is 9.04. The summed E-state index contributed by atoms with van der Waals surface area (Å²) in [6, 6.07) is 3.93. The van der Waals surface area contributed by atoms with Crippen molar-refractivity contribution in [3.05, 3.63) is 29.5 Å². The molecule has 2 aromatic rings. The second-order valence-electron chi connectivity index (χ2n) is 6.34. The molecule has 2 aromatic heterocycles. The number of thiophene rings is 1. The number of nitrogens with one attached hydrogen (secondary N) is 1. The first-order valence-electron chi connectivity index (χ1n) is 8.16. The van der Waals surface area contributed by atoms with E-state index in [-0.39, 0.29) is 23.7 Å². The van der Waals surface area contributed by atoms with Gasteiger partial charge in [-0.25, -0.2) is 4.98 Å². The van der Waals surface area contributed by atoms with Crippen LogP contribution < -0.4 is 11.1 Å². The van der Waals surface area contributed by atoms with E-state index in [4.69, 9.17) is 10.2 Å². The van der Waals surface area contributed by atoms with Crippen molar-refractivity contribution in [2.24, 2.45) is 11.1 Å². The van der Waals surface area contributed by atoms with Gasteiger partial charge in [-0.05, 0) is 36.2 Å². The topological polar surface area (TPSA) is 81.2 Å². The molecule has 2 heterocycles. The summed E-state index contributed by atoms with van der Waals surface area (Å²) >= 11 is 1.58. The van der Waals surface area contributed by atoms with Gasteiger partial charge in [0.05, 0.1) is 17.1 Å². The van der Waals surface area contributed by atoms with Gasteiger partial charge >= 0.3 is 0 Å². The average Bonchev–Trinajstić information content (AvgIpc) is 3.25. The van der Waals surface area contributed by atoms with Crippen molar-refractivity contribution in [3.8, 4) is 10.8 Å². The van der Waals surface area contributed by atoms with E-state index in [9.17, 15) is 4.79 Å². The van der Waals surface area contributed by atoms with E-state index < -0.39 is 0 Å². The number of aromatic nitrogens is 1. The van der Waals surface area contributed by atoms with Crippen LogP contribution in [0.1, 0.15) is 44.2 Å². The zero-order chi connectivity index (χ0) is 16.1. The number of hydrogen-bond acceptors (Lipinski definition) is 5. The Kier molecular flexibility index (Phi) is 6.83. The molecule has 0 radical (unpaired) electrons. The average molecular weight is 370 g/mol. The number of carbonyl (C=O) groups is 1. The standard InChI is InChI=1S/C17H23N3O2S.ClH/c18-12-17(6-2-1-3-7-17)9-15(21)19-10-13-11-22-16(20-13)14-5-4-8-23-14;/h4-5,8,11H,1-3,6-7,9-10,12,18H2,(H,19,21);1H. The summed E-state index contributed by atoms with van der Waals surface area (Å²) < 4.78 is 5.46. The second kappa shape index (κ2) is 8.65. The van der Waals surface area contributed by atoms with E-state index in [1.54, 1.807) is 17.6 Å². The second-order valence-corrected chi connectivity index (χ2v) is 7.29. The molecular weight excluding hydrogens is 346 g/mol. The maximum Gasteiger partial charge on any atom is 0.236 e. The monoisotopic (exact) mass is 369 g/mol. The number of nitrogens with zero attached hydrogens (tertiary/aromatic N) is 1. The molecule has 0 atom stereocenters. The summed E-state index contributed by atoms with van der Waals surface area (Å²) in [4.78, 5) is 17.7. The van der Waals surface area contributed by atoms with Crippen molar-refractivity contribution in [1.82, 2.24) is 10.3 Å². The third-order valence-electron chi connectivity index (χ3n) is 4.63. The Hall–Kier alpha value is -1.37. The largest absolute Gasteiger partial charge is 0.443 e. The van der Waals surface area contributed by atoms with Crippen LogP contribution in [-0.2, 0) is 11.3 Å². The summed E-state index contributed by atoms with van der Waals surface area (Å²) in [5.74, 6) is 0.660. The van der Waals surface area contributed by atoms with Gasteiger partial charge in [0.15, 0.2) is 0 Å². The fraction of sp³-hybridized carbons (Fsp3) is 0.529. The molecule has 1 aliphatic rings. The number of rotatable bonds is 6. The number of carbonyl (C=O) groups excluding carboxylic acids is 1. The molecule has 0 aliphatic heterocycles. The van der Waals surface area contributed by atoms with Crippen LogP contribution >= 0.6 is 23.7 Å². The number of oxazole rings is 1. The molecule has 3 N–H and O–H groups in total. The van der Waals surface area contributed by atoms with Crippen LogP contribution in [0.15, 0.2) is 28.2 Å². The van der Waals surface area contributed by atoms with E-state index in [0.29, 0.717) is 25.4 Å². The quantitative estimate of drug-likeness (QED) is 0.812. The van der Waals surface area contributed by atoms with E-state index in [0.717, 1.165) is 23.4 Å². The third kappa shape index (κ3) is 4.59. The Morgan fingerprint density at radius 1 is 1.38 bits per heavy atom. The summed E-state index contributed by atoms with van der Waals surface area (Å²) in [6.07, 6.45) is 7.85. The van der Waals surface area contributed by atoms with Crippen molar-refractivity contribution in [3.63, 3.8) is 0 Å². The number of amides is 1. The van der Waals surface area contributed by atoms with Gasteiger partial charge in [0.25, 0.3) is 0 Å². The van der Waals surface area contributed by atoms with E-state index in [2.05, 4.69) is 10.3 Å². The minimum Gasteiger partial charge on any atom is -0.443 e. The van der Waals surface area contributed by atoms with Gasteiger partial charge in [-0.3, -0.25) is 4.79 Å². The predicted octanol–water partition coefficient (Wildman–Crippen LogP) is 3.74. The molecule has 0 aromatic carbocycles. The van der Waals surface area contributed by atoms with Crippen LogP contribution in [0.5, 0.6) is 0 Å². The minimum absolute atomic E-state index is 0.